The third-order valence-electron chi connectivity index (χ3n) is 4.15. The Balaban J connectivity index is 1.97. The third-order valence-corrected chi connectivity index (χ3v) is 4.15. The van der Waals surface area contributed by atoms with Gasteiger partial charge < -0.3 is 20.3 Å². The molecule has 1 saturated heterocycles. The molecule has 0 spiro atoms. The monoisotopic (exact) mass is 383 g/mol. The van der Waals surface area contributed by atoms with E-state index in [2.05, 4.69) is 15.3 Å². The van der Waals surface area contributed by atoms with Crippen LogP contribution in [0.4, 0.5) is 14.6 Å². The normalized spacial score (nSPS) is 24.0. The fraction of sp³-hybridized carbons (Fsp3) is 0.375. The Kier molecular flexibility index (Phi) is 5.00. The molecule has 3 atom stereocenters. The molecule has 27 heavy (non-hydrogen) atoms. The second-order valence-electron chi connectivity index (χ2n) is 6.09. The molecule has 1 fully saturated rings. The summed E-state index contributed by atoms with van der Waals surface area (Å²) in [4.78, 5) is 29.5. The molecule has 0 aliphatic carbocycles. The Morgan fingerprint density at radius 1 is 1.52 bits per heavy atom. The number of amides is 1. The molecule has 1 amide bonds. The Hall–Kier alpha value is -2.76. The van der Waals surface area contributed by atoms with Gasteiger partial charge in [-0.25, -0.2) is 23.1 Å². The molecule has 3 heterocycles. The van der Waals surface area contributed by atoms with Gasteiger partial charge in [-0.2, -0.15) is 0 Å². The van der Waals surface area contributed by atoms with Crippen molar-refractivity contribution < 1.29 is 33.1 Å². The zero-order chi connectivity index (χ0) is 19.8. The van der Waals surface area contributed by atoms with Crippen molar-refractivity contribution in [3.8, 4) is 0 Å². The van der Waals surface area contributed by atoms with Crippen molar-refractivity contribution in [3.05, 3.63) is 52.3 Å². The number of alkyl halides is 2. The zero-order valence-corrected chi connectivity index (χ0v) is 14.1. The quantitative estimate of drug-likeness (QED) is 0.516. The van der Waals surface area contributed by atoms with E-state index in [1.165, 1.54) is 12.3 Å². The number of H-pyrrole nitrogens is 1. The molecule has 0 bridgehead atoms. The standard InChI is InChI=1S/C16H16F2N4O5/c1-22-4-2-3-8(6-22)14(25)20-13-9(5-19-15(26)21-13)12-16(17,18)11(24)10(7-23)27-12/h2-6,10-12,23-24H,7H2,1H3,(H-,19,20,21,25,26)/p+1/t10-,11-,12-/m1/s1. The van der Waals surface area contributed by atoms with E-state index in [4.69, 9.17) is 9.84 Å². The molecule has 3 rings (SSSR count). The number of aromatic amines is 1. The first-order valence-electron chi connectivity index (χ1n) is 7.92. The molecule has 2 aromatic heterocycles. The number of ether oxygens (including phenoxy) is 1. The molecule has 0 saturated carbocycles. The maximum Gasteiger partial charge on any atom is 0.346 e. The maximum atomic E-state index is 14.4. The molecule has 0 unspecified atom stereocenters. The lowest BCUT2D eigenvalue weighted by atomic mass is 10.0. The summed E-state index contributed by atoms with van der Waals surface area (Å²) in [6.45, 7) is -0.827. The number of rotatable bonds is 4. The van der Waals surface area contributed by atoms with Crippen LogP contribution in [-0.2, 0) is 11.8 Å². The number of pyridine rings is 1. The molecule has 0 radical (unpaired) electrons. The van der Waals surface area contributed by atoms with E-state index in [1.807, 2.05) is 0 Å². The molecule has 4 N–H and O–H groups in total. The summed E-state index contributed by atoms with van der Waals surface area (Å²) in [6, 6.07) is 3.11. The van der Waals surface area contributed by atoms with Crippen molar-refractivity contribution in [2.75, 3.05) is 11.9 Å². The summed E-state index contributed by atoms with van der Waals surface area (Å²) in [6.07, 6.45) is -1.76. The minimum Gasteiger partial charge on any atom is -0.394 e. The van der Waals surface area contributed by atoms with Crippen LogP contribution >= 0.6 is 0 Å². The van der Waals surface area contributed by atoms with E-state index in [-0.39, 0.29) is 16.9 Å². The summed E-state index contributed by atoms with van der Waals surface area (Å²) in [7, 11) is 1.69. The smallest absolute Gasteiger partial charge is 0.346 e. The van der Waals surface area contributed by atoms with Gasteiger partial charge in [0.05, 0.1) is 6.61 Å². The van der Waals surface area contributed by atoms with Crippen molar-refractivity contribution in [3.63, 3.8) is 0 Å². The fourth-order valence-electron chi connectivity index (χ4n) is 2.78. The van der Waals surface area contributed by atoms with Gasteiger partial charge in [-0.15, -0.1) is 0 Å². The van der Waals surface area contributed by atoms with Crippen LogP contribution in [0.25, 0.3) is 0 Å². The van der Waals surface area contributed by atoms with Crippen LogP contribution in [0.5, 0.6) is 0 Å². The topological polar surface area (TPSA) is 128 Å². The predicted molar refractivity (Wildman–Crippen MR) is 86.1 cm³/mol. The van der Waals surface area contributed by atoms with Gasteiger partial charge >= 0.3 is 11.6 Å². The number of halogens is 2. The number of nitrogens with one attached hydrogen (secondary N) is 2. The summed E-state index contributed by atoms with van der Waals surface area (Å²) in [5.41, 5.74) is -0.979. The minimum atomic E-state index is -3.77. The lowest BCUT2D eigenvalue weighted by Crippen LogP contribution is -2.38. The van der Waals surface area contributed by atoms with Crippen molar-refractivity contribution in [1.82, 2.24) is 9.97 Å². The van der Waals surface area contributed by atoms with Crippen molar-refractivity contribution >= 4 is 11.7 Å². The van der Waals surface area contributed by atoms with Crippen molar-refractivity contribution in [1.29, 1.82) is 0 Å². The first kappa shape index (κ1) is 19.0. The lowest BCUT2D eigenvalue weighted by molar-refractivity contribution is -0.671. The highest BCUT2D eigenvalue weighted by Gasteiger charge is 2.59. The van der Waals surface area contributed by atoms with E-state index in [0.717, 1.165) is 6.20 Å². The third kappa shape index (κ3) is 3.56. The highest BCUT2D eigenvalue weighted by atomic mass is 19.3. The number of aromatic nitrogens is 3. The Morgan fingerprint density at radius 3 is 2.89 bits per heavy atom. The molecule has 2 aromatic rings. The first-order chi connectivity index (χ1) is 12.7. The number of anilines is 1. The van der Waals surface area contributed by atoms with Gasteiger partial charge in [0, 0.05) is 17.8 Å². The average Bonchev–Trinajstić information content (AvgIpc) is 2.85. The molecule has 11 heteroatoms. The summed E-state index contributed by atoms with van der Waals surface area (Å²) in [5, 5.41) is 21.1. The lowest BCUT2D eigenvalue weighted by Gasteiger charge is -2.21. The molecule has 144 valence electrons. The van der Waals surface area contributed by atoms with Gasteiger partial charge in [-0.3, -0.25) is 9.78 Å². The summed E-state index contributed by atoms with van der Waals surface area (Å²) >= 11 is 0. The Labute approximate surface area is 151 Å². The van der Waals surface area contributed by atoms with E-state index in [1.54, 1.807) is 23.9 Å². The number of hydrogen-bond donors (Lipinski definition) is 4. The van der Waals surface area contributed by atoms with Crippen LogP contribution in [0.3, 0.4) is 0 Å². The largest absolute Gasteiger partial charge is 0.394 e. The molecule has 1 aliphatic rings. The second-order valence-corrected chi connectivity index (χ2v) is 6.09. The Morgan fingerprint density at radius 2 is 2.26 bits per heavy atom. The van der Waals surface area contributed by atoms with Gasteiger partial charge in [-0.05, 0) is 6.07 Å². The van der Waals surface area contributed by atoms with Crippen LogP contribution in [-0.4, -0.2) is 50.8 Å². The van der Waals surface area contributed by atoms with Crippen LogP contribution < -0.4 is 15.6 Å². The maximum absolute atomic E-state index is 14.4. The zero-order valence-electron chi connectivity index (χ0n) is 14.1. The minimum absolute atomic E-state index is 0.219. The SMILES string of the molecule is C[n+]1cccc(C(=O)Nc2[nH]c(=O)ncc2[C@H]2O[C@H](CO)[C@@H](O)C2(F)F)c1. The molecule has 0 aromatic carbocycles. The van der Waals surface area contributed by atoms with Crippen LogP contribution in [0.15, 0.2) is 35.5 Å². The molecular weight excluding hydrogens is 366 g/mol. The highest BCUT2D eigenvalue weighted by molar-refractivity contribution is 6.03. The number of carbonyl (C=O) groups excluding carboxylic acids is 1. The average molecular weight is 383 g/mol. The van der Waals surface area contributed by atoms with Gasteiger partial charge in [0.1, 0.15) is 30.6 Å². The summed E-state index contributed by atoms with van der Waals surface area (Å²) in [5.74, 6) is -4.76. The first-order valence-corrected chi connectivity index (χ1v) is 7.92. The van der Waals surface area contributed by atoms with Crippen LogP contribution in [0.1, 0.15) is 22.0 Å². The van der Waals surface area contributed by atoms with Crippen molar-refractivity contribution in [2.24, 2.45) is 7.05 Å². The van der Waals surface area contributed by atoms with Gasteiger partial charge in [-0.1, -0.05) is 0 Å². The summed E-state index contributed by atoms with van der Waals surface area (Å²) < 4.78 is 35.5. The van der Waals surface area contributed by atoms with Crippen molar-refractivity contribution in [2.45, 2.75) is 24.2 Å². The van der Waals surface area contributed by atoms with Gasteiger partial charge in [0.15, 0.2) is 18.5 Å². The second kappa shape index (κ2) is 7.10. The van der Waals surface area contributed by atoms with E-state index in [0.29, 0.717) is 0 Å². The molecule has 9 nitrogen and oxygen atoms in total. The molecular formula is C16H17F2N4O5+. The molecule has 1 aliphatic heterocycles. The highest BCUT2D eigenvalue weighted by Crippen LogP contribution is 2.46. The van der Waals surface area contributed by atoms with Gasteiger partial charge in [0.25, 0.3) is 5.91 Å². The van der Waals surface area contributed by atoms with E-state index >= 15 is 0 Å². The van der Waals surface area contributed by atoms with Crippen LogP contribution in [0.2, 0.25) is 0 Å². The van der Waals surface area contributed by atoms with E-state index in [9.17, 15) is 23.5 Å². The number of nitrogens with zero attached hydrogens (tertiary/aromatic N) is 2. The van der Waals surface area contributed by atoms with Gasteiger partial charge in [0.2, 0.25) is 0 Å². The van der Waals surface area contributed by atoms with E-state index < -0.39 is 42.4 Å². The number of hydrogen-bond acceptors (Lipinski definition) is 6. The van der Waals surface area contributed by atoms with Crippen LogP contribution in [0, 0.1) is 0 Å². The fourth-order valence-corrected chi connectivity index (χ4v) is 2.78. The number of aryl methyl sites for hydroxylation is 1. The number of carbonyl (C=O) groups is 1. The predicted octanol–water partition coefficient (Wildman–Crippen LogP) is -0.725. The number of aliphatic hydroxyl groups excluding tert-OH is 2. The Bertz CT molecular complexity index is 920. The number of aliphatic hydroxyl groups is 2.